The van der Waals surface area contributed by atoms with Gasteiger partial charge in [0.05, 0.1) is 11.5 Å². The molecule has 0 saturated heterocycles. The molecule has 2 atom stereocenters. The van der Waals surface area contributed by atoms with Crippen LogP contribution in [0, 0.1) is 12.8 Å². The molecular formula is C14H21N5OS. The Labute approximate surface area is 127 Å². The third-order valence-electron chi connectivity index (χ3n) is 4.05. The van der Waals surface area contributed by atoms with Gasteiger partial charge in [0.15, 0.2) is 0 Å². The summed E-state index contributed by atoms with van der Waals surface area (Å²) in [5, 5.41) is 14.5. The highest BCUT2D eigenvalue weighted by Crippen LogP contribution is 2.30. The van der Waals surface area contributed by atoms with Gasteiger partial charge in [-0.25, -0.2) is 10.8 Å². The second kappa shape index (κ2) is 6.13. The van der Waals surface area contributed by atoms with Crippen molar-refractivity contribution in [1.82, 2.24) is 9.97 Å². The average molecular weight is 307 g/mol. The van der Waals surface area contributed by atoms with E-state index >= 15 is 0 Å². The lowest BCUT2D eigenvalue weighted by molar-refractivity contribution is 0.0763. The van der Waals surface area contributed by atoms with Crippen LogP contribution < -0.4 is 16.6 Å². The molecule has 0 spiro atoms. The van der Waals surface area contributed by atoms with Gasteiger partial charge >= 0.3 is 0 Å². The number of thiophene rings is 1. The highest BCUT2D eigenvalue weighted by molar-refractivity contribution is 7.18. The van der Waals surface area contributed by atoms with E-state index in [1.165, 1.54) is 11.3 Å². The fourth-order valence-electron chi connectivity index (χ4n) is 2.90. The lowest BCUT2D eigenvalue weighted by atomic mass is 9.86. The van der Waals surface area contributed by atoms with Gasteiger partial charge in [-0.05, 0) is 25.8 Å². The van der Waals surface area contributed by atoms with Gasteiger partial charge in [-0.1, -0.05) is 12.8 Å². The molecule has 3 rings (SSSR count). The van der Waals surface area contributed by atoms with Gasteiger partial charge in [-0.2, -0.15) is 4.98 Å². The lowest BCUT2D eigenvalue weighted by Gasteiger charge is -2.27. The molecule has 7 heteroatoms. The van der Waals surface area contributed by atoms with E-state index in [0.29, 0.717) is 5.95 Å². The smallest absolute Gasteiger partial charge is 0.240 e. The molecule has 1 saturated carbocycles. The van der Waals surface area contributed by atoms with Crippen LogP contribution in [0.3, 0.4) is 0 Å². The van der Waals surface area contributed by atoms with Gasteiger partial charge in [0.1, 0.15) is 10.6 Å². The average Bonchev–Trinajstić information content (AvgIpc) is 2.86. The Balaban J connectivity index is 1.81. The summed E-state index contributed by atoms with van der Waals surface area (Å²) in [5.41, 5.74) is 2.51. The Morgan fingerprint density at radius 3 is 2.95 bits per heavy atom. The first kappa shape index (κ1) is 14.5. The van der Waals surface area contributed by atoms with Crippen LogP contribution in [0.2, 0.25) is 0 Å². The van der Waals surface area contributed by atoms with Crippen molar-refractivity contribution in [2.75, 3.05) is 17.3 Å². The number of aliphatic hydroxyl groups is 1. The zero-order valence-corrected chi connectivity index (χ0v) is 12.9. The van der Waals surface area contributed by atoms with Gasteiger partial charge in [-0.15, -0.1) is 11.3 Å². The van der Waals surface area contributed by atoms with Gasteiger partial charge in [0, 0.05) is 17.3 Å². The molecule has 2 heterocycles. The van der Waals surface area contributed by atoms with Gasteiger partial charge in [0.2, 0.25) is 5.95 Å². The molecule has 1 aliphatic rings. The zero-order valence-electron chi connectivity index (χ0n) is 12.1. The fraction of sp³-hybridized carbons (Fsp3) is 0.571. The Hall–Kier alpha value is -1.44. The predicted octanol–water partition coefficient (Wildman–Crippen LogP) is 2.25. The summed E-state index contributed by atoms with van der Waals surface area (Å²) in [4.78, 5) is 10.9. The highest BCUT2D eigenvalue weighted by atomic mass is 32.1. The second-order valence-electron chi connectivity index (χ2n) is 5.61. The number of nitrogen functional groups attached to an aromatic ring is 1. The van der Waals surface area contributed by atoms with Gasteiger partial charge in [-0.3, -0.25) is 5.43 Å². The maximum Gasteiger partial charge on any atom is 0.240 e. The Morgan fingerprint density at radius 1 is 1.38 bits per heavy atom. The minimum Gasteiger partial charge on any atom is -0.393 e. The van der Waals surface area contributed by atoms with Crippen LogP contribution in [0.15, 0.2) is 6.07 Å². The van der Waals surface area contributed by atoms with E-state index < -0.39 is 0 Å². The summed E-state index contributed by atoms with van der Waals surface area (Å²) in [6.07, 6.45) is 4.07. The molecule has 0 bridgehead atoms. The van der Waals surface area contributed by atoms with E-state index in [-0.39, 0.29) is 12.0 Å². The molecule has 0 aliphatic heterocycles. The molecule has 114 valence electrons. The predicted molar refractivity (Wildman–Crippen MR) is 86.4 cm³/mol. The van der Waals surface area contributed by atoms with Crippen molar-refractivity contribution >= 4 is 33.3 Å². The normalized spacial score (nSPS) is 22.4. The first-order valence-electron chi connectivity index (χ1n) is 7.34. The van der Waals surface area contributed by atoms with Gasteiger partial charge < -0.3 is 10.4 Å². The fourth-order valence-corrected chi connectivity index (χ4v) is 3.77. The maximum absolute atomic E-state index is 10.1. The standard InChI is InChI=1S/C14H21N5OS/c1-8-6-10-12(17-14(19-15)18-13(10)21-8)16-7-9-4-2-3-5-11(9)20/h6,9,11,20H,2-5,7,15H2,1H3,(H2,16,17,18,19). The van der Waals surface area contributed by atoms with E-state index in [0.717, 1.165) is 41.8 Å². The van der Waals surface area contributed by atoms with E-state index in [2.05, 4.69) is 33.7 Å². The Kier molecular flexibility index (Phi) is 4.23. The SMILES string of the molecule is Cc1cc2c(NCC3CCCCC3O)nc(NN)nc2s1. The minimum absolute atomic E-state index is 0.208. The van der Waals surface area contributed by atoms with Crippen molar-refractivity contribution in [3.05, 3.63) is 10.9 Å². The number of nitrogens with one attached hydrogen (secondary N) is 2. The quantitative estimate of drug-likeness (QED) is 0.511. The summed E-state index contributed by atoms with van der Waals surface area (Å²) in [7, 11) is 0. The zero-order chi connectivity index (χ0) is 14.8. The third kappa shape index (κ3) is 3.09. The molecular weight excluding hydrogens is 286 g/mol. The van der Waals surface area contributed by atoms with Crippen LogP contribution in [-0.4, -0.2) is 27.7 Å². The number of fused-ring (bicyclic) bond motifs is 1. The van der Waals surface area contributed by atoms with Crippen LogP contribution in [0.1, 0.15) is 30.6 Å². The topological polar surface area (TPSA) is 96.1 Å². The van der Waals surface area contributed by atoms with Crippen molar-refractivity contribution in [3.63, 3.8) is 0 Å². The van der Waals surface area contributed by atoms with Gasteiger partial charge in [0.25, 0.3) is 0 Å². The molecule has 2 aromatic rings. The second-order valence-corrected chi connectivity index (χ2v) is 6.84. The van der Waals surface area contributed by atoms with Crippen LogP contribution in [-0.2, 0) is 0 Å². The number of anilines is 2. The first-order valence-corrected chi connectivity index (χ1v) is 8.16. The number of rotatable bonds is 4. The highest BCUT2D eigenvalue weighted by Gasteiger charge is 2.23. The number of hydrogen-bond donors (Lipinski definition) is 4. The molecule has 6 nitrogen and oxygen atoms in total. The van der Waals surface area contributed by atoms with Crippen molar-refractivity contribution < 1.29 is 5.11 Å². The van der Waals surface area contributed by atoms with E-state index in [4.69, 9.17) is 5.84 Å². The number of hydrazine groups is 1. The van der Waals surface area contributed by atoms with Crippen molar-refractivity contribution in [2.24, 2.45) is 11.8 Å². The summed E-state index contributed by atoms with van der Waals surface area (Å²) in [6.45, 7) is 2.78. The van der Waals surface area contributed by atoms with E-state index in [1.54, 1.807) is 11.3 Å². The summed E-state index contributed by atoms with van der Waals surface area (Å²) in [5.74, 6) is 6.93. The molecule has 21 heavy (non-hydrogen) atoms. The monoisotopic (exact) mass is 307 g/mol. The molecule has 0 aromatic carbocycles. The van der Waals surface area contributed by atoms with E-state index in [1.807, 2.05) is 0 Å². The minimum atomic E-state index is -0.208. The molecule has 1 fully saturated rings. The number of aromatic nitrogens is 2. The number of hydrogen-bond acceptors (Lipinski definition) is 7. The van der Waals surface area contributed by atoms with Crippen LogP contribution in [0.25, 0.3) is 10.2 Å². The largest absolute Gasteiger partial charge is 0.393 e. The summed E-state index contributed by atoms with van der Waals surface area (Å²) >= 11 is 1.62. The molecule has 2 aromatic heterocycles. The summed E-state index contributed by atoms with van der Waals surface area (Å²) < 4.78 is 0. The first-order chi connectivity index (χ1) is 10.2. The molecule has 0 radical (unpaired) electrons. The number of nitrogens with zero attached hydrogens (tertiary/aromatic N) is 2. The number of aryl methyl sites for hydroxylation is 1. The number of nitrogens with two attached hydrogens (primary N) is 1. The van der Waals surface area contributed by atoms with Crippen molar-refractivity contribution in [2.45, 2.75) is 38.7 Å². The lowest BCUT2D eigenvalue weighted by Crippen LogP contribution is -2.30. The summed E-state index contributed by atoms with van der Waals surface area (Å²) in [6, 6.07) is 2.08. The van der Waals surface area contributed by atoms with Crippen LogP contribution in [0.5, 0.6) is 0 Å². The van der Waals surface area contributed by atoms with E-state index in [9.17, 15) is 5.11 Å². The van der Waals surface area contributed by atoms with Crippen molar-refractivity contribution in [1.29, 1.82) is 0 Å². The molecule has 1 aliphatic carbocycles. The third-order valence-corrected chi connectivity index (χ3v) is 4.99. The van der Waals surface area contributed by atoms with Crippen LogP contribution in [0.4, 0.5) is 11.8 Å². The molecule has 0 amide bonds. The molecule has 2 unspecified atom stereocenters. The number of aliphatic hydroxyl groups excluding tert-OH is 1. The van der Waals surface area contributed by atoms with Crippen LogP contribution >= 0.6 is 11.3 Å². The van der Waals surface area contributed by atoms with Crippen molar-refractivity contribution in [3.8, 4) is 0 Å². The molecule has 5 N–H and O–H groups in total. The Bertz CT molecular complexity index is 629. The maximum atomic E-state index is 10.1. The Morgan fingerprint density at radius 2 is 2.19 bits per heavy atom.